The molecule has 0 atom stereocenters. The topological polar surface area (TPSA) is 84.0 Å². The minimum atomic E-state index is -0.591. The summed E-state index contributed by atoms with van der Waals surface area (Å²) in [5, 5.41) is 6.22. The van der Waals surface area contributed by atoms with Crippen LogP contribution in [0.5, 0.6) is 0 Å². The van der Waals surface area contributed by atoms with E-state index in [9.17, 15) is 18.4 Å². The number of hydrogen-bond donors (Lipinski definition) is 2. The van der Waals surface area contributed by atoms with Gasteiger partial charge in [-0.25, -0.2) is 18.7 Å². The molecule has 0 radical (unpaired) electrons. The van der Waals surface area contributed by atoms with Crippen LogP contribution in [0.15, 0.2) is 71.0 Å². The van der Waals surface area contributed by atoms with Crippen molar-refractivity contribution < 1.29 is 18.4 Å². The van der Waals surface area contributed by atoms with E-state index in [0.717, 1.165) is 0 Å². The third-order valence-corrected chi connectivity index (χ3v) is 5.29. The molecule has 3 aromatic rings. The molecule has 0 aliphatic rings. The highest BCUT2D eigenvalue weighted by Gasteiger charge is 2.12. The highest BCUT2D eigenvalue weighted by Crippen LogP contribution is 2.18. The zero-order valence-electron chi connectivity index (χ0n) is 15.5. The molecular formula is C20H16F2N4O2S2. The molecule has 1 heterocycles. The molecule has 0 saturated heterocycles. The van der Waals surface area contributed by atoms with Crippen molar-refractivity contribution >= 4 is 35.3 Å². The Balaban J connectivity index is 1.46. The van der Waals surface area contributed by atoms with E-state index >= 15 is 0 Å². The average Bonchev–Trinajstić information content (AvgIpc) is 2.74. The summed E-state index contributed by atoms with van der Waals surface area (Å²) in [5.74, 6) is -1.86. The monoisotopic (exact) mass is 446 g/mol. The minimum Gasteiger partial charge on any atom is -0.343 e. The fourth-order valence-corrected chi connectivity index (χ4v) is 3.65. The maximum Gasteiger partial charge on any atom is 0.254 e. The molecule has 0 fully saturated rings. The Bertz CT molecular complexity index is 974. The lowest BCUT2D eigenvalue weighted by Gasteiger charge is -2.07. The molecule has 154 valence electrons. The maximum atomic E-state index is 13.6. The van der Waals surface area contributed by atoms with Gasteiger partial charge >= 0.3 is 0 Å². The summed E-state index contributed by atoms with van der Waals surface area (Å²) >= 11 is 2.42. The molecule has 0 spiro atoms. The third-order valence-electron chi connectivity index (χ3n) is 3.73. The number of thioether (sulfide) groups is 2. The van der Waals surface area contributed by atoms with E-state index in [0.29, 0.717) is 10.2 Å². The van der Waals surface area contributed by atoms with Gasteiger partial charge in [0.25, 0.3) is 11.8 Å². The van der Waals surface area contributed by atoms with Gasteiger partial charge in [0.05, 0.1) is 22.9 Å². The zero-order chi connectivity index (χ0) is 21.3. The van der Waals surface area contributed by atoms with Gasteiger partial charge in [-0.1, -0.05) is 47.8 Å². The molecule has 2 amide bonds. The number of nitrogens with one attached hydrogen (secondary N) is 2. The van der Waals surface area contributed by atoms with Gasteiger partial charge in [-0.15, -0.1) is 0 Å². The number of aromatic nitrogens is 2. The summed E-state index contributed by atoms with van der Waals surface area (Å²) in [7, 11) is 0. The molecule has 6 nitrogen and oxygen atoms in total. The quantitative estimate of drug-likeness (QED) is 0.238. The molecule has 1 aromatic heterocycles. The predicted octanol–water partition coefficient (Wildman–Crippen LogP) is 3.71. The Labute approximate surface area is 179 Å². The van der Waals surface area contributed by atoms with Crippen LogP contribution in [0.3, 0.4) is 0 Å². The van der Waals surface area contributed by atoms with E-state index < -0.39 is 23.4 Å². The van der Waals surface area contributed by atoms with Gasteiger partial charge in [-0.05, 0) is 30.3 Å². The van der Waals surface area contributed by atoms with Crippen molar-refractivity contribution in [3.05, 3.63) is 83.6 Å². The first-order chi connectivity index (χ1) is 14.5. The number of amides is 2. The molecule has 0 unspecified atom stereocenters. The summed E-state index contributed by atoms with van der Waals surface area (Å²) in [5.41, 5.74) is -0.0588. The predicted molar refractivity (Wildman–Crippen MR) is 111 cm³/mol. The van der Waals surface area contributed by atoms with E-state index in [-0.39, 0.29) is 22.9 Å². The summed E-state index contributed by atoms with van der Waals surface area (Å²) in [4.78, 5) is 32.4. The van der Waals surface area contributed by atoms with Crippen molar-refractivity contribution in [2.24, 2.45) is 0 Å². The van der Waals surface area contributed by atoms with Gasteiger partial charge in [0, 0.05) is 6.20 Å². The van der Waals surface area contributed by atoms with Crippen molar-refractivity contribution in [3.63, 3.8) is 0 Å². The number of benzene rings is 2. The van der Waals surface area contributed by atoms with Crippen molar-refractivity contribution in [1.29, 1.82) is 0 Å². The number of rotatable bonds is 8. The van der Waals surface area contributed by atoms with Crippen molar-refractivity contribution in [2.75, 3.05) is 11.8 Å². The van der Waals surface area contributed by atoms with E-state index in [2.05, 4.69) is 20.6 Å². The fraction of sp³-hybridized carbons (Fsp3) is 0.100. The van der Waals surface area contributed by atoms with Crippen LogP contribution in [0.4, 0.5) is 8.78 Å². The highest BCUT2D eigenvalue weighted by atomic mass is 32.2. The lowest BCUT2D eigenvalue weighted by atomic mass is 10.2. The first-order valence-corrected chi connectivity index (χ1v) is 10.7. The molecule has 3 rings (SSSR count). The van der Waals surface area contributed by atoms with Gasteiger partial charge in [0.15, 0.2) is 5.16 Å². The highest BCUT2D eigenvalue weighted by molar-refractivity contribution is 7.99. The van der Waals surface area contributed by atoms with Crippen LogP contribution in [0.2, 0.25) is 0 Å². The number of carbonyl (C=O) groups is 2. The van der Waals surface area contributed by atoms with Crippen LogP contribution in [0.1, 0.15) is 20.7 Å². The lowest BCUT2D eigenvalue weighted by molar-refractivity contribution is 0.0948. The summed E-state index contributed by atoms with van der Waals surface area (Å²) in [6.07, 6.45) is 1.55. The Morgan fingerprint density at radius 2 is 1.33 bits per heavy atom. The molecular weight excluding hydrogens is 430 g/mol. The summed E-state index contributed by atoms with van der Waals surface area (Å²) < 4.78 is 27.2. The van der Waals surface area contributed by atoms with E-state index in [1.54, 1.807) is 24.4 Å². The normalized spacial score (nSPS) is 10.5. The second-order valence-electron chi connectivity index (χ2n) is 5.73. The Hall–Kier alpha value is -2.98. The SMILES string of the molecule is O=C(NCSc1ccnc(SCNC(=O)c2ccccc2F)n1)c1ccccc1F. The molecule has 10 heteroatoms. The van der Waals surface area contributed by atoms with Gasteiger partial charge in [0.2, 0.25) is 0 Å². The second-order valence-corrected chi connectivity index (χ2v) is 7.66. The van der Waals surface area contributed by atoms with E-state index in [4.69, 9.17) is 0 Å². The molecule has 0 aliphatic carbocycles. The molecule has 30 heavy (non-hydrogen) atoms. The zero-order valence-corrected chi connectivity index (χ0v) is 17.1. The first-order valence-electron chi connectivity index (χ1n) is 8.68. The average molecular weight is 447 g/mol. The summed E-state index contributed by atoms with van der Waals surface area (Å²) in [6.45, 7) is 0. The molecule has 2 aromatic carbocycles. The van der Waals surface area contributed by atoms with E-state index in [1.807, 2.05) is 0 Å². The van der Waals surface area contributed by atoms with Crippen LogP contribution in [0.25, 0.3) is 0 Å². The van der Waals surface area contributed by atoms with Crippen molar-refractivity contribution in [1.82, 2.24) is 20.6 Å². The third kappa shape index (κ3) is 6.01. The van der Waals surface area contributed by atoms with Crippen molar-refractivity contribution in [2.45, 2.75) is 10.2 Å². The van der Waals surface area contributed by atoms with Gasteiger partial charge < -0.3 is 10.6 Å². The van der Waals surface area contributed by atoms with Gasteiger partial charge in [-0.2, -0.15) is 0 Å². The van der Waals surface area contributed by atoms with Crippen LogP contribution >= 0.6 is 23.5 Å². The number of nitrogens with zero attached hydrogens (tertiary/aromatic N) is 2. The van der Waals surface area contributed by atoms with E-state index in [1.165, 1.54) is 59.9 Å². The Morgan fingerprint density at radius 1 is 0.800 bits per heavy atom. The van der Waals surface area contributed by atoms with Crippen LogP contribution in [0, 0.1) is 11.6 Å². The van der Waals surface area contributed by atoms with Crippen LogP contribution in [-0.4, -0.2) is 33.5 Å². The number of halogens is 2. The van der Waals surface area contributed by atoms with Gasteiger partial charge in [0.1, 0.15) is 16.7 Å². The van der Waals surface area contributed by atoms with Crippen LogP contribution in [-0.2, 0) is 0 Å². The Kier molecular flexibility index (Phi) is 7.75. The van der Waals surface area contributed by atoms with Crippen molar-refractivity contribution in [3.8, 4) is 0 Å². The maximum absolute atomic E-state index is 13.6. The minimum absolute atomic E-state index is 0.0253. The summed E-state index contributed by atoms with van der Waals surface area (Å²) in [6, 6.07) is 13.1. The molecule has 2 N–H and O–H groups in total. The first kappa shape index (κ1) is 21.7. The van der Waals surface area contributed by atoms with Crippen LogP contribution < -0.4 is 10.6 Å². The largest absolute Gasteiger partial charge is 0.343 e. The Morgan fingerprint density at radius 3 is 1.90 bits per heavy atom. The fourth-order valence-electron chi connectivity index (χ4n) is 2.30. The molecule has 0 saturated carbocycles. The number of hydrogen-bond acceptors (Lipinski definition) is 6. The second kappa shape index (κ2) is 10.7. The van der Waals surface area contributed by atoms with Gasteiger partial charge in [-0.3, -0.25) is 9.59 Å². The smallest absolute Gasteiger partial charge is 0.254 e. The molecule has 0 bridgehead atoms. The lowest BCUT2D eigenvalue weighted by Crippen LogP contribution is -2.24. The molecule has 0 aliphatic heterocycles. The standard InChI is InChI=1S/C20H16F2N4O2S2/c21-15-7-3-1-5-13(15)18(27)24-11-29-17-9-10-23-20(26-17)30-12-25-19(28)14-6-2-4-8-16(14)22/h1-10H,11-12H2,(H,24,27)(H,25,28). The number of carbonyl (C=O) groups excluding carboxylic acids is 2.